The highest BCUT2D eigenvalue weighted by atomic mass is 79.9. The van der Waals surface area contributed by atoms with Crippen LogP contribution >= 0.6 is 15.9 Å². The van der Waals surface area contributed by atoms with Gasteiger partial charge in [-0.2, -0.15) is 0 Å². The first kappa shape index (κ1) is 16.2. The maximum Gasteiger partial charge on any atom is 0.243 e. The second-order valence-electron chi connectivity index (χ2n) is 5.00. The number of Topliss-reactive ketones (excluding diaryl/α,β-unsaturated/α-hetero) is 1. The van der Waals surface area contributed by atoms with Crippen LogP contribution in [0.1, 0.15) is 22.8 Å². The van der Waals surface area contributed by atoms with Crippen LogP contribution in [0.25, 0.3) is 0 Å². The van der Waals surface area contributed by atoms with Gasteiger partial charge in [-0.3, -0.25) is 9.59 Å². The molecule has 4 nitrogen and oxygen atoms in total. The van der Waals surface area contributed by atoms with Crippen LogP contribution < -0.4 is 10.6 Å². The van der Waals surface area contributed by atoms with Gasteiger partial charge in [0, 0.05) is 21.4 Å². The molecule has 0 spiro atoms. The second kappa shape index (κ2) is 7.22. The number of carbonyl (C=O) groups excluding carboxylic acids is 2. The Hall–Kier alpha value is -2.14. The number of aryl methyl sites for hydroxylation is 1. The summed E-state index contributed by atoms with van der Waals surface area (Å²) in [6.07, 6.45) is 0. The molecule has 2 aromatic rings. The van der Waals surface area contributed by atoms with Crippen LogP contribution in [-0.2, 0) is 4.79 Å². The van der Waals surface area contributed by atoms with Gasteiger partial charge in [0.2, 0.25) is 5.91 Å². The Balaban J connectivity index is 1.89. The van der Waals surface area contributed by atoms with Crippen molar-refractivity contribution in [3.63, 3.8) is 0 Å². The van der Waals surface area contributed by atoms with Crippen molar-refractivity contribution in [1.29, 1.82) is 0 Å². The maximum absolute atomic E-state index is 11.9. The van der Waals surface area contributed by atoms with Gasteiger partial charge in [0.05, 0.1) is 6.54 Å². The molecule has 0 unspecified atom stereocenters. The van der Waals surface area contributed by atoms with Gasteiger partial charge < -0.3 is 10.6 Å². The van der Waals surface area contributed by atoms with Crippen molar-refractivity contribution >= 4 is 39.0 Å². The molecule has 0 bridgehead atoms. The van der Waals surface area contributed by atoms with E-state index < -0.39 is 0 Å². The number of ketones is 1. The Bertz CT molecular complexity index is 696. The molecule has 0 radical (unpaired) electrons. The lowest BCUT2D eigenvalue weighted by molar-refractivity contribution is -0.114. The van der Waals surface area contributed by atoms with Gasteiger partial charge in [-0.25, -0.2) is 0 Å². The fourth-order valence-electron chi connectivity index (χ4n) is 1.93. The zero-order valence-electron chi connectivity index (χ0n) is 12.4. The predicted molar refractivity (Wildman–Crippen MR) is 92.4 cm³/mol. The minimum atomic E-state index is -0.127. The summed E-state index contributed by atoms with van der Waals surface area (Å²) in [4.78, 5) is 23.1. The standard InChI is InChI=1S/C17H17BrN2O2/c1-11-9-15(7-8-16(11)18)20-17(22)10-19-14-5-3-13(4-6-14)12(2)21/h3-9,19H,10H2,1-2H3,(H,20,22). The quantitative estimate of drug-likeness (QED) is 0.792. The Kier molecular flexibility index (Phi) is 5.33. The smallest absolute Gasteiger partial charge is 0.243 e. The third-order valence-corrected chi connectivity index (χ3v) is 4.08. The van der Waals surface area contributed by atoms with Gasteiger partial charge in [-0.05, 0) is 61.9 Å². The van der Waals surface area contributed by atoms with E-state index in [9.17, 15) is 9.59 Å². The van der Waals surface area contributed by atoms with Gasteiger partial charge in [0.25, 0.3) is 0 Å². The van der Waals surface area contributed by atoms with Gasteiger partial charge in [0.15, 0.2) is 5.78 Å². The fraction of sp³-hybridized carbons (Fsp3) is 0.176. The molecule has 1 amide bonds. The van der Waals surface area contributed by atoms with Crippen LogP contribution in [-0.4, -0.2) is 18.2 Å². The maximum atomic E-state index is 11.9. The zero-order chi connectivity index (χ0) is 16.1. The Morgan fingerprint density at radius 2 is 1.68 bits per heavy atom. The summed E-state index contributed by atoms with van der Waals surface area (Å²) >= 11 is 3.42. The summed E-state index contributed by atoms with van der Waals surface area (Å²) in [5.41, 5.74) is 3.28. The molecule has 0 aromatic heterocycles. The van der Waals surface area contributed by atoms with Crippen molar-refractivity contribution in [2.45, 2.75) is 13.8 Å². The third kappa shape index (κ3) is 4.43. The molecule has 2 aromatic carbocycles. The Morgan fingerprint density at radius 3 is 2.27 bits per heavy atom. The number of halogens is 1. The monoisotopic (exact) mass is 360 g/mol. The van der Waals surface area contributed by atoms with Crippen LogP contribution in [0, 0.1) is 6.92 Å². The van der Waals surface area contributed by atoms with Crippen molar-refractivity contribution < 1.29 is 9.59 Å². The Labute approximate surface area is 138 Å². The summed E-state index contributed by atoms with van der Waals surface area (Å²) in [7, 11) is 0. The number of benzene rings is 2. The topological polar surface area (TPSA) is 58.2 Å². The molecule has 0 saturated heterocycles. The van der Waals surface area contributed by atoms with E-state index in [1.807, 2.05) is 25.1 Å². The van der Waals surface area contributed by atoms with E-state index in [2.05, 4.69) is 26.6 Å². The molecule has 0 aliphatic rings. The lowest BCUT2D eigenvalue weighted by Gasteiger charge is -2.09. The van der Waals surface area contributed by atoms with E-state index in [0.717, 1.165) is 21.4 Å². The van der Waals surface area contributed by atoms with E-state index >= 15 is 0 Å². The van der Waals surface area contributed by atoms with Crippen molar-refractivity contribution in [2.75, 3.05) is 17.2 Å². The molecular formula is C17H17BrN2O2. The molecule has 0 saturated carbocycles. The van der Waals surface area contributed by atoms with Crippen molar-refractivity contribution in [2.24, 2.45) is 0 Å². The van der Waals surface area contributed by atoms with Crippen LogP contribution in [0.5, 0.6) is 0 Å². The SMILES string of the molecule is CC(=O)c1ccc(NCC(=O)Nc2ccc(Br)c(C)c2)cc1. The summed E-state index contributed by atoms with van der Waals surface area (Å²) in [5.74, 6) is -0.104. The van der Waals surface area contributed by atoms with E-state index in [1.54, 1.807) is 24.3 Å². The molecule has 5 heteroatoms. The average Bonchev–Trinajstić information content (AvgIpc) is 2.49. The van der Waals surface area contributed by atoms with Crippen molar-refractivity contribution in [3.8, 4) is 0 Å². The second-order valence-corrected chi connectivity index (χ2v) is 5.85. The number of carbonyl (C=O) groups is 2. The molecule has 2 rings (SSSR count). The molecule has 0 atom stereocenters. The number of hydrogen-bond acceptors (Lipinski definition) is 3. The lowest BCUT2D eigenvalue weighted by Crippen LogP contribution is -2.21. The third-order valence-electron chi connectivity index (χ3n) is 3.19. The molecule has 22 heavy (non-hydrogen) atoms. The van der Waals surface area contributed by atoms with Gasteiger partial charge >= 0.3 is 0 Å². The number of hydrogen-bond donors (Lipinski definition) is 2. The van der Waals surface area contributed by atoms with E-state index in [4.69, 9.17) is 0 Å². The summed E-state index contributed by atoms with van der Waals surface area (Å²) < 4.78 is 1.01. The molecular weight excluding hydrogens is 344 g/mol. The molecule has 0 heterocycles. The first-order valence-electron chi connectivity index (χ1n) is 6.86. The summed E-state index contributed by atoms with van der Waals surface area (Å²) in [6.45, 7) is 3.65. The van der Waals surface area contributed by atoms with Crippen LogP contribution in [0.2, 0.25) is 0 Å². The van der Waals surface area contributed by atoms with E-state index in [0.29, 0.717) is 5.56 Å². The zero-order valence-corrected chi connectivity index (χ0v) is 14.0. The van der Waals surface area contributed by atoms with Crippen LogP contribution in [0.4, 0.5) is 11.4 Å². The van der Waals surface area contributed by atoms with Crippen molar-refractivity contribution in [1.82, 2.24) is 0 Å². The van der Waals surface area contributed by atoms with Crippen LogP contribution in [0.3, 0.4) is 0 Å². The highest BCUT2D eigenvalue weighted by Crippen LogP contribution is 2.20. The van der Waals surface area contributed by atoms with Gasteiger partial charge in [-0.15, -0.1) is 0 Å². The Morgan fingerprint density at radius 1 is 1.05 bits per heavy atom. The number of rotatable bonds is 5. The summed E-state index contributed by atoms with van der Waals surface area (Å²) in [6, 6.07) is 12.7. The number of anilines is 2. The average molecular weight is 361 g/mol. The first-order chi connectivity index (χ1) is 10.5. The number of amides is 1. The highest BCUT2D eigenvalue weighted by molar-refractivity contribution is 9.10. The first-order valence-corrected chi connectivity index (χ1v) is 7.66. The molecule has 0 aliphatic heterocycles. The van der Waals surface area contributed by atoms with Crippen molar-refractivity contribution in [3.05, 3.63) is 58.1 Å². The molecule has 114 valence electrons. The van der Waals surface area contributed by atoms with E-state index in [1.165, 1.54) is 6.92 Å². The minimum absolute atomic E-state index is 0.0231. The number of nitrogens with one attached hydrogen (secondary N) is 2. The normalized spacial score (nSPS) is 10.1. The van der Waals surface area contributed by atoms with Crippen LogP contribution in [0.15, 0.2) is 46.9 Å². The lowest BCUT2D eigenvalue weighted by atomic mass is 10.1. The highest BCUT2D eigenvalue weighted by Gasteiger charge is 2.04. The molecule has 0 fully saturated rings. The van der Waals surface area contributed by atoms with Gasteiger partial charge in [-0.1, -0.05) is 15.9 Å². The van der Waals surface area contributed by atoms with Gasteiger partial charge in [0.1, 0.15) is 0 Å². The predicted octanol–water partition coefficient (Wildman–Crippen LogP) is 4.01. The minimum Gasteiger partial charge on any atom is -0.376 e. The molecule has 2 N–H and O–H groups in total. The summed E-state index contributed by atoms with van der Waals surface area (Å²) in [5, 5.41) is 5.86. The molecule has 0 aliphatic carbocycles. The fourth-order valence-corrected chi connectivity index (χ4v) is 2.18. The van der Waals surface area contributed by atoms with E-state index in [-0.39, 0.29) is 18.2 Å². The largest absolute Gasteiger partial charge is 0.376 e.